The first-order chi connectivity index (χ1) is 9.40. The molecule has 3 heterocycles. The number of ether oxygens (including phenoxy) is 1. The van der Waals surface area contributed by atoms with Gasteiger partial charge in [0, 0.05) is 17.0 Å². The Balaban J connectivity index is 1.79. The number of furan rings is 1. The van der Waals surface area contributed by atoms with E-state index < -0.39 is 0 Å². The number of benzene rings is 1. The molecule has 0 radical (unpaired) electrons. The van der Waals surface area contributed by atoms with E-state index in [0.717, 1.165) is 25.3 Å². The molecule has 0 saturated carbocycles. The van der Waals surface area contributed by atoms with Gasteiger partial charge in [0.1, 0.15) is 5.58 Å². The summed E-state index contributed by atoms with van der Waals surface area (Å²) in [4.78, 5) is 0. The molecule has 19 heavy (non-hydrogen) atoms. The number of hydrogen-bond acceptors (Lipinski definition) is 3. The molecule has 2 aromatic rings. The van der Waals surface area contributed by atoms with E-state index >= 15 is 0 Å². The molecule has 0 aliphatic carbocycles. The van der Waals surface area contributed by atoms with Crippen molar-refractivity contribution in [1.29, 1.82) is 0 Å². The van der Waals surface area contributed by atoms with Crippen LogP contribution in [-0.4, -0.2) is 25.8 Å². The number of nitrogens with one attached hydrogen (secondary N) is 1. The first kappa shape index (κ1) is 11.5. The minimum atomic E-state index is 0.118. The Morgan fingerprint density at radius 3 is 2.79 bits per heavy atom. The number of piperidine rings is 1. The monoisotopic (exact) mass is 257 g/mol. The zero-order valence-corrected chi connectivity index (χ0v) is 11.0. The van der Waals surface area contributed by atoms with Gasteiger partial charge in [-0.05, 0) is 25.5 Å². The molecule has 1 unspecified atom stereocenters. The molecule has 1 aromatic carbocycles. The normalized spacial score (nSPS) is 26.2. The molecule has 1 atom stereocenters. The first-order valence-electron chi connectivity index (χ1n) is 7.18. The van der Waals surface area contributed by atoms with Crippen LogP contribution in [0.4, 0.5) is 0 Å². The summed E-state index contributed by atoms with van der Waals surface area (Å²) in [6, 6.07) is 8.84. The lowest BCUT2D eigenvalue weighted by Gasteiger charge is -2.48. The zero-order chi connectivity index (χ0) is 12.7. The van der Waals surface area contributed by atoms with E-state index in [-0.39, 0.29) is 5.41 Å². The van der Waals surface area contributed by atoms with Crippen molar-refractivity contribution in [2.45, 2.75) is 30.7 Å². The van der Waals surface area contributed by atoms with Crippen molar-refractivity contribution < 1.29 is 9.15 Å². The summed E-state index contributed by atoms with van der Waals surface area (Å²) in [6.07, 6.45) is 5.79. The average molecular weight is 257 g/mol. The van der Waals surface area contributed by atoms with Crippen LogP contribution in [0.2, 0.25) is 0 Å². The Bertz CT molecular complexity index is 579. The molecule has 3 heteroatoms. The molecule has 1 aromatic heterocycles. The van der Waals surface area contributed by atoms with E-state index in [2.05, 4.69) is 17.4 Å². The number of hydrogen-bond donors (Lipinski definition) is 1. The first-order valence-corrected chi connectivity index (χ1v) is 7.18. The lowest BCUT2D eigenvalue weighted by atomic mass is 9.70. The number of para-hydroxylation sites is 1. The van der Waals surface area contributed by atoms with Crippen molar-refractivity contribution in [3.05, 3.63) is 36.1 Å². The molecule has 100 valence electrons. The summed E-state index contributed by atoms with van der Waals surface area (Å²) >= 11 is 0. The van der Waals surface area contributed by atoms with Crippen LogP contribution in [0.3, 0.4) is 0 Å². The predicted molar refractivity (Wildman–Crippen MR) is 74.4 cm³/mol. The van der Waals surface area contributed by atoms with Gasteiger partial charge in [-0.15, -0.1) is 0 Å². The average Bonchev–Trinajstić information content (AvgIpc) is 2.84. The van der Waals surface area contributed by atoms with E-state index in [1.54, 1.807) is 0 Å². The molecule has 2 saturated heterocycles. The molecule has 4 rings (SSSR count). The van der Waals surface area contributed by atoms with E-state index in [0.29, 0.717) is 6.04 Å². The summed E-state index contributed by atoms with van der Waals surface area (Å²) in [5.74, 6) is 0. The fraction of sp³-hybridized carbons (Fsp3) is 0.500. The Morgan fingerprint density at radius 2 is 2.05 bits per heavy atom. The molecular weight excluding hydrogens is 238 g/mol. The summed E-state index contributed by atoms with van der Waals surface area (Å²) in [7, 11) is 0. The highest BCUT2D eigenvalue weighted by Crippen LogP contribution is 2.42. The second kappa shape index (κ2) is 4.36. The second-order valence-electron chi connectivity index (χ2n) is 5.80. The number of fused-ring (bicyclic) bond motifs is 1. The van der Waals surface area contributed by atoms with Gasteiger partial charge >= 0.3 is 0 Å². The van der Waals surface area contributed by atoms with Crippen LogP contribution in [0.15, 0.2) is 34.9 Å². The molecular formula is C16H19NO2. The fourth-order valence-electron chi connectivity index (χ4n) is 3.55. The largest absolute Gasteiger partial charge is 0.464 e. The Hall–Kier alpha value is -1.32. The van der Waals surface area contributed by atoms with Crippen molar-refractivity contribution >= 4 is 11.0 Å². The van der Waals surface area contributed by atoms with Crippen LogP contribution in [0.5, 0.6) is 0 Å². The standard InChI is InChI=1S/C16H19NO2/c1-2-6-14-12(5-1)13(9-19-14)16(10-18-11-16)15-7-3-4-8-17-15/h1-2,5-6,9,15,17H,3-4,7-8,10-11H2. The topological polar surface area (TPSA) is 34.4 Å². The van der Waals surface area contributed by atoms with Crippen LogP contribution >= 0.6 is 0 Å². The highest BCUT2D eigenvalue weighted by Gasteiger charge is 2.48. The lowest BCUT2D eigenvalue weighted by molar-refractivity contribution is -0.0823. The van der Waals surface area contributed by atoms with E-state index in [1.807, 2.05) is 18.4 Å². The van der Waals surface area contributed by atoms with Gasteiger partial charge in [0.2, 0.25) is 0 Å². The smallest absolute Gasteiger partial charge is 0.134 e. The zero-order valence-electron chi connectivity index (χ0n) is 11.0. The van der Waals surface area contributed by atoms with Gasteiger partial charge < -0.3 is 14.5 Å². The molecule has 2 fully saturated rings. The summed E-state index contributed by atoms with van der Waals surface area (Å²) < 4.78 is 11.3. The van der Waals surface area contributed by atoms with Crippen LogP contribution in [0.1, 0.15) is 24.8 Å². The van der Waals surface area contributed by atoms with Crippen LogP contribution < -0.4 is 5.32 Å². The summed E-state index contributed by atoms with van der Waals surface area (Å²) in [5.41, 5.74) is 2.43. The maximum absolute atomic E-state index is 5.74. The van der Waals surface area contributed by atoms with Gasteiger partial charge in [-0.2, -0.15) is 0 Å². The quantitative estimate of drug-likeness (QED) is 0.898. The predicted octanol–water partition coefficient (Wildman–Crippen LogP) is 2.84. The minimum absolute atomic E-state index is 0.118. The highest BCUT2D eigenvalue weighted by molar-refractivity contribution is 5.82. The van der Waals surface area contributed by atoms with Crippen molar-refractivity contribution in [2.24, 2.45) is 0 Å². The van der Waals surface area contributed by atoms with Gasteiger partial charge in [-0.25, -0.2) is 0 Å². The lowest BCUT2D eigenvalue weighted by Crippen LogP contribution is -2.61. The van der Waals surface area contributed by atoms with Crippen LogP contribution in [0, 0.1) is 0 Å². The van der Waals surface area contributed by atoms with E-state index in [9.17, 15) is 0 Å². The Kier molecular flexibility index (Phi) is 2.64. The molecule has 0 amide bonds. The Morgan fingerprint density at radius 1 is 1.16 bits per heavy atom. The third kappa shape index (κ3) is 1.65. The van der Waals surface area contributed by atoms with Crippen LogP contribution in [0.25, 0.3) is 11.0 Å². The molecule has 0 spiro atoms. The summed E-state index contributed by atoms with van der Waals surface area (Å²) in [6.45, 7) is 2.75. The Labute approximate surface area is 112 Å². The highest BCUT2D eigenvalue weighted by atomic mass is 16.5. The molecule has 1 N–H and O–H groups in total. The fourth-order valence-corrected chi connectivity index (χ4v) is 3.55. The van der Waals surface area contributed by atoms with Crippen molar-refractivity contribution in [3.8, 4) is 0 Å². The van der Waals surface area contributed by atoms with Gasteiger partial charge in [-0.1, -0.05) is 24.6 Å². The van der Waals surface area contributed by atoms with Gasteiger partial charge in [0.25, 0.3) is 0 Å². The molecule has 3 nitrogen and oxygen atoms in total. The van der Waals surface area contributed by atoms with Gasteiger partial charge in [0.05, 0.1) is 24.9 Å². The minimum Gasteiger partial charge on any atom is -0.464 e. The third-order valence-electron chi connectivity index (χ3n) is 4.71. The van der Waals surface area contributed by atoms with E-state index in [4.69, 9.17) is 9.15 Å². The molecule has 2 aliphatic rings. The maximum Gasteiger partial charge on any atom is 0.134 e. The second-order valence-corrected chi connectivity index (χ2v) is 5.80. The van der Waals surface area contributed by atoms with Gasteiger partial charge in [-0.3, -0.25) is 0 Å². The number of rotatable bonds is 2. The van der Waals surface area contributed by atoms with Gasteiger partial charge in [0.15, 0.2) is 0 Å². The van der Waals surface area contributed by atoms with Crippen LogP contribution in [-0.2, 0) is 10.2 Å². The molecule has 0 bridgehead atoms. The van der Waals surface area contributed by atoms with Crippen molar-refractivity contribution in [3.63, 3.8) is 0 Å². The molecule has 2 aliphatic heterocycles. The maximum atomic E-state index is 5.74. The van der Waals surface area contributed by atoms with E-state index in [1.165, 1.54) is 30.2 Å². The van der Waals surface area contributed by atoms with Crippen molar-refractivity contribution in [1.82, 2.24) is 5.32 Å². The SMILES string of the molecule is c1ccc2c(C3(C4CCCCN4)COC3)coc2c1. The third-order valence-corrected chi connectivity index (χ3v) is 4.71. The summed E-state index contributed by atoms with van der Waals surface area (Å²) in [5, 5.41) is 4.94. The van der Waals surface area contributed by atoms with Crippen molar-refractivity contribution in [2.75, 3.05) is 19.8 Å².